The van der Waals surface area contributed by atoms with E-state index >= 15 is 0 Å². The van der Waals surface area contributed by atoms with E-state index in [-0.39, 0.29) is 23.1 Å². The third-order valence-corrected chi connectivity index (χ3v) is 5.52. The van der Waals surface area contributed by atoms with Crippen LogP contribution in [0.3, 0.4) is 0 Å². The fraction of sp³-hybridized carbons (Fsp3) is 0.923. The van der Waals surface area contributed by atoms with Gasteiger partial charge in [-0.05, 0) is 40.0 Å². The highest BCUT2D eigenvalue weighted by Crippen LogP contribution is 2.32. The molecule has 1 unspecified atom stereocenters. The highest BCUT2D eigenvalue weighted by atomic mass is 32.2. The molecule has 6 nitrogen and oxygen atoms in total. The smallest absolute Gasteiger partial charge is 0.407 e. The van der Waals surface area contributed by atoms with Gasteiger partial charge in [-0.3, -0.25) is 0 Å². The van der Waals surface area contributed by atoms with E-state index in [9.17, 15) is 13.2 Å². The van der Waals surface area contributed by atoms with E-state index in [0.29, 0.717) is 19.4 Å². The molecule has 2 fully saturated rings. The van der Waals surface area contributed by atoms with E-state index in [1.54, 1.807) is 0 Å². The maximum absolute atomic E-state index is 11.7. The summed E-state index contributed by atoms with van der Waals surface area (Å²) in [6.07, 6.45) is 1.61. The molecule has 0 radical (unpaired) electrons. The fourth-order valence-electron chi connectivity index (χ4n) is 2.84. The van der Waals surface area contributed by atoms with Crippen LogP contribution in [0.5, 0.6) is 0 Å². The predicted molar refractivity (Wildman–Crippen MR) is 76.4 cm³/mol. The largest absolute Gasteiger partial charge is 0.444 e. The molecule has 0 saturated carbocycles. The third-order valence-electron chi connectivity index (χ3n) is 3.86. The number of hydrogen-bond donors (Lipinski definition) is 2. The van der Waals surface area contributed by atoms with Crippen molar-refractivity contribution in [3.63, 3.8) is 0 Å². The molecule has 2 rings (SSSR count). The summed E-state index contributed by atoms with van der Waals surface area (Å²) in [5.74, 6) is 0.471. The van der Waals surface area contributed by atoms with Crippen molar-refractivity contribution in [2.75, 3.05) is 18.1 Å². The van der Waals surface area contributed by atoms with Crippen LogP contribution in [0.15, 0.2) is 0 Å². The molecule has 0 bridgehead atoms. The van der Waals surface area contributed by atoms with Gasteiger partial charge in [-0.2, -0.15) is 0 Å². The van der Waals surface area contributed by atoms with E-state index in [0.717, 1.165) is 6.42 Å². The van der Waals surface area contributed by atoms with Gasteiger partial charge in [0.1, 0.15) is 15.4 Å². The zero-order chi connectivity index (χ0) is 15.0. The van der Waals surface area contributed by atoms with Crippen LogP contribution in [0.2, 0.25) is 0 Å². The van der Waals surface area contributed by atoms with Crippen molar-refractivity contribution in [1.82, 2.24) is 10.6 Å². The van der Waals surface area contributed by atoms with Crippen molar-refractivity contribution in [2.45, 2.75) is 57.2 Å². The Morgan fingerprint density at radius 2 is 1.90 bits per heavy atom. The summed E-state index contributed by atoms with van der Waals surface area (Å²) in [6.45, 7) is 6.15. The average molecular weight is 304 g/mol. The quantitative estimate of drug-likeness (QED) is 0.749. The van der Waals surface area contributed by atoms with Gasteiger partial charge in [0.25, 0.3) is 0 Å². The van der Waals surface area contributed by atoms with E-state index in [4.69, 9.17) is 4.74 Å². The lowest BCUT2D eigenvalue weighted by molar-refractivity contribution is 0.0506. The molecular weight excluding hydrogens is 280 g/mol. The number of nitrogens with one attached hydrogen (secondary N) is 2. The number of carbonyl (C=O) groups excluding carboxylic acids is 1. The SMILES string of the molecule is CC(C)(C)OC(=O)NC1CNC2(CCS(=O)(=O)CC2)C1. The zero-order valence-corrected chi connectivity index (χ0v) is 13.2. The van der Waals surface area contributed by atoms with Crippen LogP contribution in [0.25, 0.3) is 0 Å². The molecule has 0 aromatic carbocycles. The van der Waals surface area contributed by atoms with Crippen LogP contribution in [-0.2, 0) is 14.6 Å². The Kier molecular flexibility index (Phi) is 4.03. The van der Waals surface area contributed by atoms with Gasteiger partial charge < -0.3 is 15.4 Å². The second-order valence-corrected chi connectivity index (χ2v) is 9.16. The van der Waals surface area contributed by atoms with Gasteiger partial charge in [-0.25, -0.2) is 13.2 Å². The van der Waals surface area contributed by atoms with Crippen molar-refractivity contribution in [2.24, 2.45) is 0 Å². The Morgan fingerprint density at radius 3 is 2.45 bits per heavy atom. The zero-order valence-electron chi connectivity index (χ0n) is 12.4. The van der Waals surface area contributed by atoms with E-state index in [1.807, 2.05) is 20.8 Å². The van der Waals surface area contributed by atoms with Crippen LogP contribution in [0.1, 0.15) is 40.0 Å². The maximum Gasteiger partial charge on any atom is 0.407 e. The molecule has 0 aromatic rings. The number of alkyl carbamates (subject to hydrolysis) is 1. The van der Waals surface area contributed by atoms with Crippen LogP contribution < -0.4 is 10.6 Å². The number of amides is 1. The first-order chi connectivity index (χ1) is 9.09. The lowest BCUT2D eigenvalue weighted by Crippen LogP contribution is -2.46. The fourth-order valence-corrected chi connectivity index (χ4v) is 4.45. The van der Waals surface area contributed by atoms with Gasteiger partial charge in [0.05, 0.1) is 11.5 Å². The normalized spacial score (nSPS) is 28.2. The standard InChI is InChI=1S/C13H24N2O4S/c1-12(2,3)19-11(16)15-10-8-13(14-9-10)4-6-20(17,18)7-5-13/h10,14H,4-9H2,1-3H3,(H,15,16). The molecule has 2 aliphatic rings. The third kappa shape index (κ3) is 4.09. The summed E-state index contributed by atoms with van der Waals surface area (Å²) in [4.78, 5) is 11.7. The molecule has 2 N–H and O–H groups in total. The van der Waals surface area contributed by atoms with E-state index in [1.165, 1.54) is 0 Å². The Balaban J connectivity index is 1.85. The summed E-state index contributed by atoms with van der Waals surface area (Å²) in [6, 6.07) is 0.00524. The van der Waals surface area contributed by atoms with Gasteiger partial charge in [-0.1, -0.05) is 0 Å². The number of carbonyl (C=O) groups is 1. The molecule has 7 heteroatoms. The summed E-state index contributed by atoms with van der Waals surface area (Å²) in [5, 5.41) is 6.25. The minimum atomic E-state index is -2.86. The lowest BCUT2D eigenvalue weighted by atomic mass is 9.89. The van der Waals surface area contributed by atoms with Crippen molar-refractivity contribution in [3.8, 4) is 0 Å². The lowest BCUT2D eigenvalue weighted by Gasteiger charge is -2.33. The molecule has 0 aromatic heterocycles. The predicted octanol–water partition coefficient (Wildman–Crippen LogP) is 0.820. The number of sulfone groups is 1. The summed E-state index contributed by atoms with van der Waals surface area (Å²) in [7, 11) is -2.86. The van der Waals surface area contributed by atoms with Crippen LogP contribution in [-0.4, -0.2) is 49.7 Å². The Labute approximate surface area is 120 Å². The monoisotopic (exact) mass is 304 g/mol. The molecule has 116 valence electrons. The van der Waals surface area contributed by atoms with Crippen molar-refractivity contribution in [3.05, 3.63) is 0 Å². The first-order valence-electron chi connectivity index (χ1n) is 7.04. The maximum atomic E-state index is 11.7. The molecule has 1 spiro atoms. The molecule has 2 aliphatic heterocycles. The van der Waals surface area contributed by atoms with Crippen LogP contribution in [0, 0.1) is 0 Å². The Hall–Kier alpha value is -0.820. The molecule has 1 amide bonds. The average Bonchev–Trinajstić information content (AvgIpc) is 2.64. The molecule has 1 atom stereocenters. The summed E-state index contributed by atoms with van der Waals surface area (Å²) in [5.41, 5.74) is -0.641. The summed E-state index contributed by atoms with van der Waals surface area (Å²) < 4.78 is 28.2. The van der Waals surface area contributed by atoms with Gasteiger partial charge in [0.2, 0.25) is 0 Å². The first kappa shape index (κ1) is 15.6. The number of hydrogen-bond acceptors (Lipinski definition) is 5. The number of rotatable bonds is 1. The van der Waals surface area contributed by atoms with Gasteiger partial charge >= 0.3 is 6.09 Å². The Morgan fingerprint density at radius 1 is 1.30 bits per heavy atom. The van der Waals surface area contributed by atoms with Crippen LogP contribution in [0.4, 0.5) is 4.79 Å². The van der Waals surface area contributed by atoms with Crippen LogP contribution >= 0.6 is 0 Å². The van der Waals surface area contributed by atoms with E-state index < -0.39 is 21.5 Å². The van der Waals surface area contributed by atoms with Crippen molar-refractivity contribution >= 4 is 15.9 Å². The van der Waals surface area contributed by atoms with E-state index in [2.05, 4.69) is 10.6 Å². The topological polar surface area (TPSA) is 84.5 Å². The summed E-state index contributed by atoms with van der Waals surface area (Å²) >= 11 is 0. The minimum absolute atomic E-state index is 0.00524. The second kappa shape index (κ2) is 5.18. The molecular formula is C13H24N2O4S. The highest BCUT2D eigenvalue weighted by molar-refractivity contribution is 7.91. The molecule has 20 heavy (non-hydrogen) atoms. The van der Waals surface area contributed by atoms with Gasteiger partial charge in [0, 0.05) is 18.1 Å². The van der Waals surface area contributed by atoms with Gasteiger partial charge in [0.15, 0.2) is 0 Å². The molecule has 0 aliphatic carbocycles. The molecule has 2 heterocycles. The second-order valence-electron chi connectivity index (χ2n) is 6.86. The minimum Gasteiger partial charge on any atom is -0.444 e. The number of ether oxygens (including phenoxy) is 1. The van der Waals surface area contributed by atoms with Crippen molar-refractivity contribution < 1.29 is 17.9 Å². The molecule has 2 saturated heterocycles. The van der Waals surface area contributed by atoms with Crippen molar-refractivity contribution in [1.29, 1.82) is 0 Å². The highest BCUT2D eigenvalue weighted by Gasteiger charge is 2.43. The van der Waals surface area contributed by atoms with Gasteiger partial charge in [-0.15, -0.1) is 0 Å². The first-order valence-corrected chi connectivity index (χ1v) is 8.86. The Bertz CT molecular complexity index is 467.